The van der Waals surface area contributed by atoms with E-state index in [1.807, 2.05) is 13.0 Å². The Morgan fingerprint density at radius 2 is 2.17 bits per heavy atom. The number of carbonyl (C=O) groups is 1. The molecule has 1 amide bonds. The summed E-state index contributed by atoms with van der Waals surface area (Å²) in [7, 11) is 0. The molecule has 3 aromatic heterocycles. The number of halogens is 1. The molecule has 4 heterocycles. The Hall–Kier alpha value is -2.65. The first-order chi connectivity index (χ1) is 14.5. The number of piperidine rings is 1. The average molecular weight is 433 g/mol. The van der Waals surface area contributed by atoms with Crippen molar-refractivity contribution in [3.05, 3.63) is 53.0 Å². The minimum Gasteiger partial charge on any atom is -0.384 e. The molecule has 9 heteroatoms. The fraction of sp³-hybridized carbons (Fsp3) is 0.429. The lowest BCUT2D eigenvalue weighted by molar-refractivity contribution is -0.121. The molecule has 1 saturated heterocycles. The number of hydrogen-bond acceptors (Lipinski definition) is 7. The van der Waals surface area contributed by atoms with E-state index in [1.54, 1.807) is 34.7 Å². The molecule has 30 heavy (non-hydrogen) atoms. The smallest absolute Gasteiger partial charge is 0.209 e. The molecule has 3 atom stereocenters. The molecular formula is C21H25FN4O3S. The van der Waals surface area contributed by atoms with E-state index in [-0.39, 0.29) is 17.7 Å². The Kier molecular flexibility index (Phi) is 7.64. The van der Waals surface area contributed by atoms with Crippen molar-refractivity contribution in [1.82, 2.24) is 20.0 Å². The highest BCUT2D eigenvalue weighted by Gasteiger charge is 2.28. The number of hydrogen-bond donors (Lipinski definition) is 1. The number of aryl methyl sites for hydroxylation is 1. The summed E-state index contributed by atoms with van der Waals surface area (Å²) in [4.78, 5) is 22.1. The number of aromatic nitrogens is 3. The topological polar surface area (TPSA) is 92.4 Å². The SMILES string of the molecule is C[C@@H]1CCC(c2cc(C(O)CF)no2)CN1C=O.Cc1ccsc1-c1ncccn1. The Labute approximate surface area is 178 Å². The number of aliphatic hydroxyl groups excluding tert-OH is 1. The molecule has 1 aliphatic rings. The van der Waals surface area contributed by atoms with Gasteiger partial charge in [0, 0.05) is 37.0 Å². The van der Waals surface area contributed by atoms with Gasteiger partial charge in [0.15, 0.2) is 5.82 Å². The first kappa shape index (κ1) is 22.0. The zero-order valence-electron chi connectivity index (χ0n) is 16.9. The third-order valence-electron chi connectivity index (χ3n) is 5.13. The molecule has 3 aromatic rings. The Morgan fingerprint density at radius 1 is 1.40 bits per heavy atom. The highest BCUT2D eigenvalue weighted by Crippen LogP contribution is 2.30. The van der Waals surface area contributed by atoms with Gasteiger partial charge in [0.25, 0.3) is 0 Å². The lowest BCUT2D eigenvalue weighted by atomic mass is 9.92. The van der Waals surface area contributed by atoms with Gasteiger partial charge >= 0.3 is 0 Å². The molecule has 1 N–H and O–H groups in total. The van der Waals surface area contributed by atoms with Crippen LogP contribution >= 0.6 is 11.3 Å². The third-order valence-corrected chi connectivity index (χ3v) is 6.15. The van der Waals surface area contributed by atoms with Gasteiger partial charge in [-0.2, -0.15) is 0 Å². The number of likely N-dealkylation sites (tertiary alicyclic amines) is 1. The average Bonchev–Trinajstić information content (AvgIpc) is 3.44. The maximum atomic E-state index is 12.3. The van der Waals surface area contributed by atoms with Crippen LogP contribution in [0.3, 0.4) is 0 Å². The minimum absolute atomic E-state index is 0.0689. The van der Waals surface area contributed by atoms with E-state index >= 15 is 0 Å². The van der Waals surface area contributed by atoms with Crippen molar-refractivity contribution in [3.8, 4) is 10.7 Å². The first-order valence-electron chi connectivity index (χ1n) is 9.76. The van der Waals surface area contributed by atoms with Crippen LogP contribution < -0.4 is 0 Å². The van der Waals surface area contributed by atoms with Crippen LogP contribution in [-0.2, 0) is 4.79 Å². The molecule has 0 aliphatic carbocycles. The third kappa shape index (κ3) is 5.28. The van der Waals surface area contributed by atoms with Crippen LogP contribution in [0.2, 0.25) is 0 Å². The Morgan fingerprint density at radius 3 is 2.80 bits per heavy atom. The van der Waals surface area contributed by atoms with Crippen LogP contribution in [0.5, 0.6) is 0 Å². The van der Waals surface area contributed by atoms with Crippen molar-refractivity contribution in [3.63, 3.8) is 0 Å². The molecule has 1 aliphatic heterocycles. The summed E-state index contributed by atoms with van der Waals surface area (Å²) in [5, 5.41) is 15.0. The highest BCUT2D eigenvalue weighted by molar-refractivity contribution is 7.13. The standard InChI is InChI=1S/C12H17FN2O3.C9H8N2S/c1-8-2-3-9(6-15(8)7-16)12-4-10(14-18-12)11(17)5-13;1-7-3-6-12-8(7)9-10-4-2-5-11-9/h4,7-9,11,17H,2-3,5-6H2,1H3;2-6H,1H3/t8-,9?,11?;/m1./s1. The van der Waals surface area contributed by atoms with Gasteiger partial charge < -0.3 is 14.5 Å². The maximum absolute atomic E-state index is 12.3. The predicted molar refractivity (Wildman–Crippen MR) is 112 cm³/mol. The summed E-state index contributed by atoms with van der Waals surface area (Å²) in [6, 6.07) is 5.72. The van der Waals surface area contributed by atoms with Crippen molar-refractivity contribution in [2.45, 2.75) is 44.8 Å². The van der Waals surface area contributed by atoms with Crippen LogP contribution in [0.15, 0.2) is 40.5 Å². The van der Waals surface area contributed by atoms with E-state index in [1.165, 1.54) is 5.56 Å². The van der Waals surface area contributed by atoms with E-state index in [2.05, 4.69) is 33.5 Å². The van der Waals surface area contributed by atoms with Crippen molar-refractivity contribution in [2.75, 3.05) is 13.2 Å². The highest BCUT2D eigenvalue weighted by atomic mass is 32.1. The molecular weight excluding hydrogens is 407 g/mol. The van der Waals surface area contributed by atoms with E-state index in [4.69, 9.17) is 4.52 Å². The quantitative estimate of drug-likeness (QED) is 0.615. The number of amides is 1. The number of alkyl halides is 1. The van der Waals surface area contributed by atoms with Crippen molar-refractivity contribution < 1.29 is 18.8 Å². The molecule has 4 rings (SSSR count). The molecule has 7 nitrogen and oxygen atoms in total. The van der Waals surface area contributed by atoms with Crippen LogP contribution in [0, 0.1) is 6.92 Å². The van der Waals surface area contributed by atoms with E-state index in [9.17, 15) is 14.3 Å². The van der Waals surface area contributed by atoms with Crippen molar-refractivity contribution in [2.24, 2.45) is 0 Å². The molecule has 0 radical (unpaired) electrons. The number of rotatable bonds is 5. The van der Waals surface area contributed by atoms with Gasteiger partial charge in [0.05, 0.1) is 4.88 Å². The lowest BCUT2D eigenvalue weighted by Gasteiger charge is -2.34. The molecule has 0 spiro atoms. The second-order valence-corrected chi connectivity index (χ2v) is 8.17. The second-order valence-electron chi connectivity index (χ2n) is 7.25. The molecule has 0 bridgehead atoms. The van der Waals surface area contributed by atoms with E-state index in [0.29, 0.717) is 12.3 Å². The van der Waals surface area contributed by atoms with Crippen molar-refractivity contribution in [1.29, 1.82) is 0 Å². The van der Waals surface area contributed by atoms with Crippen LogP contribution in [0.4, 0.5) is 4.39 Å². The summed E-state index contributed by atoms with van der Waals surface area (Å²) in [5.41, 5.74) is 1.45. The second kappa shape index (κ2) is 10.4. The maximum Gasteiger partial charge on any atom is 0.209 e. The summed E-state index contributed by atoms with van der Waals surface area (Å²) in [5.74, 6) is 1.50. The number of thiophene rings is 1. The summed E-state index contributed by atoms with van der Waals surface area (Å²) in [6.45, 7) is 3.77. The zero-order valence-corrected chi connectivity index (χ0v) is 17.8. The lowest BCUT2D eigenvalue weighted by Crippen LogP contribution is -2.39. The van der Waals surface area contributed by atoms with Gasteiger partial charge in [-0.15, -0.1) is 11.3 Å². The molecule has 1 fully saturated rings. The van der Waals surface area contributed by atoms with Crippen LogP contribution in [-0.4, -0.2) is 50.8 Å². The predicted octanol–water partition coefficient (Wildman–Crippen LogP) is 3.92. The zero-order chi connectivity index (χ0) is 21.5. The normalized spacial score (nSPS) is 19.7. The van der Waals surface area contributed by atoms with Gasteiger partial charge in [-0.25, -0.2) is 14.4 Å². The molecule has 2 unspecified atom stereocenters. The first-order valence-corrected chi connectivity index (χ1v) is 10.6. The van der Waals surface area contributed by atoms with E-state index in [0.717, 1.165) is 30.0 Å². The summed E-state index contributed by atoms with van der Waals surface area (Å²) in [6.07, 6.45) is 4.93. The van der Waals surface area contributed by atoms with Gasteiger partial charge in [-0.3, -0.25) is 4.79 Å². The summed E-state index contributed by atoms with van der Waals surface area (Å²) < 4.78 is 17.4. The summed E-state index contributed by atoms with van der Waals surface area (Å²) >= 11 is 1.68. The van der Waals surface area contributed by atoms with Crippen molar-refractivity contribution >= 4 is 17.7 Å². The Bertz CT molecular complexity index is 933. The van der Waals surface area contributed by atoms with Gasteiger partial charge in [-0.05, 0) is 49.8 Å². The van der Waals surface area contributed by atoms with Gasteiger partial charge in [-0.1, -0.05) is 5.16 Å². The van der Waals surface area contributed by atoms with Crippen LogP contribution in [0.25, 0.3) is 10.7 Å². The largest absolute Gasteiger partial charge is 0.384 e. The van der Waals surface area contributed by atoms with Crippen LogP contribution in [0.1, 0.15) is 48.8 Å². The fourth-order valence-electron chi connectivity index (χ4n) is 3.26. The molecule has 160 valence electrons. The van der Waals surface area contributed by atoms with E-state index < -0.39 is 12.8 Å². The monoisotopic (exact) mass is 432 g/mol. The number of aliphatic hydroxyl groups is 1. The molecule has 0 aromatic carbocycles. The minimum atomic E-state index is -1.23. The Balaban J connectivity index is 0.000000184. The number of carbonyl (C=O) groups excluding carboxylic acids is 1. The van der Waals surface area contributed by atoms with Gasteiger partial charge in [0.2, 0.25) is 6.41 Å². The fourth-order valence-corrected chi connectivity index (χ4v) is 4.14. The number of nitrogens with zero attached hydrogens (tertiary/aromatic N) is 4. The molecule has 0 saturated carbocycles. The van der Waals surface area contributed by atoms with Gasteiger partial charge in [0.1, 0.15) is 24.2 Å².